The fourth-order valence-corrected chi connectivity index (χ4v) is 3.53. The Bertz CT molecular complexity index is 1140. The first-order valence-electron chi connectivity index (χ1n) is 8.63. The number of thiocarbonyl (C=S) groups is 1. The summed E-state index contributed by atoms with van der Waals surface area (Å²) in [6.45, 7) is 4.28. The second-order valence-electron chi connectivity index (χ2n) is 6.48. The highest BCUT2D eigenvalue weighted by Gasteiger charge is 2.14. The van der Waals surface area contributed by atoms with Crippen LogP contribution in [0.25, 0.3) is 0 Å². The van der Waals surface area contributed by atoms with Gasteiger partial charge in [-0.2, -0.15) is 5.10 Å². The summed E-state index contributed by atoms with van der Waals surface area (Å²) in [4.78, 5) is 0.0238. The van der Waals surface area contributed by atoms with Crippen molar-refractivity contribution in [3.8, 4) is 0 Å². The van der Waals surface area contributed by atoms with Gasteiger partial charge >= 0.3 is 0 Å². The summed E-state index contributed by atoms with van der Waals surface area (Å²) in [6, 6.07) is 12.2. The number of nitrogens with one attached hydrogen (secondary N) is 2. The molecule has 4 N–H and O–H groups in total. The van der Waals surface area contributed by atoms with Crippen LogP contribution in [0.2, 0.25) is 0 Å². The Labute approximate surface area is 173 Å². The Balaban J connectivity index is 1.70. The molecule has 0 saturated heterocycles. The number of nitrogens with zero attached hydrogens (tertiary/aromatic N) is 2. The predicted molar refractivity (Wildman–Crippen MR) is 115 cm³/mol. The zero-order valence-corrected chi connectivity index (χ0v) is 17.4. The largest absolute Gasteiger partial charge is 0.332 e. The Morgan fingerprint density at radius 3 is 2.31 bits per heavy atom. The minimum atomic E-state index is -3.74. The lowest BCUT2D eigenvalue weighted by molar-refractivity contribution is 0.598. The van der Waals surface area contributed by atoms with E-state index in [0.717, 1.165) is 22.6 Å². The monoisotopic (exact) mass is 433 g/mol. The molecule has 1 aromatic heterocycles. The molecular weight excluding hydrogens is 413 g/mol. The molecule has 0 amide bonds. The third-order valence-electron chi connectivity index (χ3n) is 4.31. The number of aromatic nitrogens is 2. The number of anilines is 2. The summed E-state index contributed by atoms with van der Waals surface area (Å²) in [5, 5.41) is 16.1. The molecule has 0 aliphatic rings. The van der Waals surface area contributed by atoms with Crippen molar-refractivity contribution in [2.45, 2.75) is 25.3 Å². The van der Waals surface area contributed by atoms with Gasteiger partial charge in [0.2, 0.25) is 10.0 Å². The Morgan fingerprint density at radius 1 is 1.10 bits per heavy atom. The smallest absolute Gasteiger partial charge is 0.238 e. The van der Waals surface area contributed by atoms with E-state index in [1.165, 1.54) is 24.3 Å². The highest BCUT2D eigenvalue weighted by molar-refractivity contribution is 7.89. The van der Waals surface area contributed by atoms with Gasteiger partial charge in [-0.05, 0) is 68.0 Å². The summed E-state index contributed by atoms with van der Waals surface area (Å²) in [5.41, 5.74) is 3.95. The Kier molecular flexibility index (Phi) is 5.96. The third kappa shape index (κ3) is 5.17. The molecule has 0 unspecified atom stereocenters. The van der Waals surface area contributed by atoms with Crippen molar-refractivity contribution in [3.63, 3.8) is 0 Å². The first kappa shape index (κ1) is 20.9. The van der Waals surface area contributed by atoms with E-state index in [1.807, 2.05) is 18.5 Å². The highest BCUT2D eigenvalue weighted by atomic mass is 32.2. The van der Waals surface area contributed by atoms with E-state index in [4.69, 9.17) is 17.4 Å². The molecule has 0 aliphatic heterocycles. The molecule has 0 aliphatic carbocycles. The van der Waals surface area contributed by atoms with Gasteiger partial charge in [0.15, 0.2) is 5.11 Å². The number of hydrogen-bond donors (Lipinski definition) is 3. The van der Waals surface area contributed by atoms with E-state index < -0.39 is 10.0 Å². The van der Waals surface area contributed by atoms with Gasteiger partial charge in [0, 0.05) is 5.69 Å². The van der Waals surface area contributed by atoms with Crippen molar-refractivity contribution in [3.05, 3.63) is 71.3 Å². The number of benzene rings is 2. The minimum Gasteiger partial charge on any atom is -0.332 e. The molecule has 7 nitrogen and oxygen atoms in total. The van der Waals surface area contributed by atoms with Gasteiger partial charge < -0.3 is 10.6 Å². The van der Waals surface area contributed by atoms with Crippen LogP contribution < -0.4 is 15.8 Å². The van der Waals surface area contributed by atoms with Crippen LogP contribution in [0.15, 0.2) is 53.4 Å². The molecule has 0 atom stereocenters. The number of nitrogens with two attached hydrogens (primary N) is 1. The van der Waals surface area contributed by atoms with Crippen molar-refractivity contribution in [1.82, 2.24) is 9.78 Å². The molecule has 10 heteroatoms. The Morgan fingerprint density at radius 2 is 1.72 bits per heavy atom. The first-order valence-corrected chi connectivity index (χ1v) is 10.6. The molecule has 0 saturated carbocycles. The van der Waals surface area contributed by atoms with E-state index in [9.17, 15) is 12.8 Å². The molecule has 29 heavy (non-hydrogen) atoms. The highest BCUT2D eigenvalue weighted by Crippen LogP contribution is 2.21. The average molecular weight is 434 g/mol. The molecule has 0 spiro atoms. The minimum absolute atomic E-state index is 0.0238. The molecule has 3 aromatic rings. The Hall–Kier alpha value is -2.82. The number of rotatable bonds is 5. The van der Waals surface area contributed by atoms with Gasteiger partial charge in [0.05, 0.1) is 28.5 Å². The topological polar surface area (TPSA) is 102 Å². The molecular formula is C19H20FN5O2S2. The van der Waals surface area contributed by atoms with Crippen LogP contribution in [0.3, 0.4) is 0 Å². The van der Waals surface area contributed by atoms with Crippen LogP contribution in [0.1, 0.15) is 17.0 Å². The predicted octanol–water partition coefficient (Wildman–Crippen LogP) is 3.14. The molecule has 0 fully saturated rings. The maximum atomic E-state index is 13.1. The van der Waals surface area contributed by atoms with Gasteiger partial charge in [-0.25, -0.2) is 17.9 Å². The van der Waals surface area contributed by atoms with Crippen molar-refractivity contribution in [1.29, 1.82) is 0 Å². The molecule has 0 bridgehead atoms. The lowest BCUT2D eigenvalue weighted by atomic mass is 10.2. The van der Waals surface area contributed by atoms with Crippen molar-refractivity contribution in [2.75, 3.05) is 10.6 Å². The van der Waals surface area contributed by atoms with Gasteiger partial charge in [0.1, 0.15) is 5.82 Å². The normalized spacial score (nSPS) is 11.3. The van der Waals surface area contributed by atoms with Crippen LogP contribution in [0.5, 0.6) is 0 Å². The standard InChI is InChI=1S/C19H20FN5O2S2/c1-12-18(13(2)25(24-12)11-14-3-5-15(20)6-4-14)23-19(28)22-16-7-9-17(10-8-16)29(21,26)27/h3-10H,11H2,1-2H3,(H2,21,26,27)(H2,22,23,28). The first-order chi connectivity index (χ1) is 13.6. The summed E-state index contributed by atoms with van der Waals surface area (Å²) in [7, 11) is -3.74. The van der Waals surface area contributed by atoms with Crippen LogP contribution >= 0.6 is 12.2 Å². The van der Waals surface area contributed by atoms with Crippen LogP contribution in [-0.4, -0.2) is 23.3 Å². The summed E-state index contributed by atoms with van der Waals surface area (Å²) < 4.78 is 37.5. The molecule has 3 rings (SSSR count). The fourth-order valence-electron chi connectivity index (χ4n) is 2.80. The van der Waals surface area contributed by atoms with Crippen molar-refractivity contribution in [2.24, 2.45) is 5.14 Å². The molecule has 152 valence electrons. The maximum absolute atomic E-state index is 13.1. The van der Waals surface area contributed by atoms with Crippen molar-refractivity contribution < 1.29 is 12.8 Å². The van der Waals surface area contributed by atoms with E-state index in [2.05, 4.69) is 15.7 Å². The summed E-state index contributed by atoms with van der Waals surface area (Å²) in [6.07, 6.45) is 0. The van der Waals surface area contributed by atoms with Gasteiger partial charge in [0.25, 0.3) is 0 Å². The molecule has 0 radical (unpaired) electrons. The van der Waals surface area contributed by atoms with E-state index in [0.29, 0.717) is 17.3 Å². The number of halogens is 1. The van der Waals surface area contributed by atoms with E-state index >= 15 is 0 Å². The maximum Gasteiger partial charge on any atom is 0.238 e. The summed E-state index contributed by atoms with van der Waals surface area (Å²) >= 11 is 5.35. The quantitative estimate of drug-likeness (QED) is 0.534. The number of aryl methyl sites for hydroxylation is 1. The van der Waals surface area contributed by atoms with Crippen LogP contribution in [0, 0.1) is 19.7 Å². The number of primary sulfonamides is 1. The zero-order valence-electron chi connectivity index (χ0n) is 15.8. The van der Waals surface area contributed by atoms with E-state index in [1.54, 1.807) is 24.3 Å². The van der Waals surface area contributed by atoms with Gasteiger partial charge in [-0.1, -0.05) is 12.1 Å². The van der Waals surface area contributed by atoms with Crippen LogP contribution in [0.4, 0.5) is 15.8 Å². The molecule has 1 heterocycles. The second kappa shape index (κ2) is 8.27. The lowest BCUT2D eigenvalue weighted by Gasteiger charge is -2.11. The zero-order chi connectivity index (χ0) is 21.2. The third-order valence-corrected chi connectivity index (χ3v) is 5.44. The van der Waals surface area contributed by atoms with Crippen LogP contribution in [-0.2, 0) is 16.6 Å². The SMILES string of the molecule is Cc1nn(Cc2ccc(F)cc2)c(C)c1NC(=S)Nc1ccc(S(N)(=O)=O)cc1. The lowest BCUT2D eigenvalue weighted by Crippen LogP contribution is -2.20. The number of sulfonamides is 1. The van der Waals surface area contributed by atoms with Gasteiger partial charge in [-0.3, -0.25) is 4.68 Å². The van der Waals surface area contributed by atoms with Gasteiger partial charge in [-0.15, -0.1) is 0 Å². The number of hydrogen-bond acceptors (Lipinski definition) is 4. The summed E-state index contributed by atoms with van der Waals surface area (Å²) in [5.74, 6) is -0.280. The fraction of sp³-hybridized carbons (Fsp3) is 0.158. The van der Waals surface area contributed by atoms with Crippen molar-refractivity contribution >= 4 is 38.7 Å². The second-order valence-corrected chi connectivity index (χ2v) is 8.45. The van der Waals surface area contributed by atoms with E-state index in [-0.39, 0.29) is 10.7 Å². The molecule has 2 aromatic carbocycles. The average Bonchev–Trinajstić information content (AvgIpc) is 2.91.